The standard InChI is InChI=1S/C13H20N2/c1-9(15-8-14)13-5-10-2-11(6-13)4-12(3-10)7-13/h9-12,15H,2-7H2,1H3. The predicted octanol–water partition coefficient (Wildman–Crippen LogP) is 2.66. The fourth-order valence-electron chi connectivity index (χ4n) is 4.96. The first-order valence-electron chi connectivity index (χ1n) is 6.36. The van der Waals surface area contributed by atoms with Crippen molar-refractivity contribution in [3.8, 4) is 6.19 Å². The Labute approximate surface area is 92.0 Å². The van der Waals surface area contributed by atoms with Gasteiger partial charge in [0.05, 0.1) is 0 Å². The monoisotopic (exact) mass is 204 g/mol. The molecule has 1 atom stereocenters. The van der Waals surface area contributed by atoms with Crippen LogP contribution < -0.4 is 5.32 Å². The van der Waals surface area contributed by atoms with E-state index in [1.807, 2.05) is 0 Å². The lowest BCUT2D eigenvalue weighted by Gasteiger charge is -2.58. The third kappa shape index (κ3) is 1.36. The molecule has 0 aromatic carbocycles. The van der Waals surface area contributed by atoms with Crippen molar-refractivity contribution in [2.45, 2.75) is 51.5 Å². The van der Waals surface area contributed by atoms with Gasteiger partial charge in [-0.05, 0) is 68.6 Å². The van der Waals surface area contributed by atoms with Crippen LogP contribution >= 0.6 is 0 Å². The van der Waals surface area contributed by atoms with Crippen molar-refractivity contribution >= 4 is 0 Å². The second-order valence-corrected chi connectivity index (χ2v) is 6.26. The molecule has 4 bridgehead atoms. The van der Waals surface area contributed by atoms with Crippen molar-refractivity contribution in [2.24, 2.45) is 23.2 Å². The Morgan fingerprint density at radius 1 is 1.13 bits per heavy atom. The highest BCUT2D eigenvalue weighted by atomic mass is 14.9. The minimum atomic E-state index is 0.399. The van der Waals surface area contributed by atoms with Crippen LogP contribution in [0.15, 0.2) is 0 Å². The van der Waals surface area contributed by atoms with Crippen LogP contribution in [0.3, 0.4) is 0 Å². The van der Waals surface area contributed by atoms with Crippen molar-refractivity contribution in [3.05, 3.63) is 0 Å². The van der Waals surface area contributed by atoms with Crippen molar-refractivity contribution in [2.75, 3.05) is 0 Å². The molecule has 2 nitrogen and oxygen atoms in total. The minimum Gasteiger partial charge on any atom is -0.320 e. The summed E-state index contributed by atoms with van der Waals surface area (Å²) >= 11 is 0. The van der Waals surface area contributed by atoms with Crippen LogP contribution in [-0.4, -0.2) is 6.04 Å². The highest BCUT2D eigenvalue weighted by Crippen LogP contribution is 2.61. The molecule has 0 aliphatic heterocycles. The maximum Gasteiger partial charge on any atom is 0.176 e. The van der Waals surface area contributed by atoms with Gasteiger partial charge in [0.2, 0.25) is 0 Å². The van der Waals surface area contributed by atoms with Gasteiger partial charge in [-0.25, -0.2) is 0 Å². The van der Waals surface area contributed by atoms with Gasteiger partial charge in [-0.15, -0.1) is 0 Å². The van der Waals surface area contributed by atoms with Gasteiger partial charge in [0, 0.05) is 6.04 Å². The molecule has 1 unspecified atom stereocenters. The molecule has 82 valence electrons. The SMILES string of the molecule is CC(NC#N)C12CC3CC(CC(C3)C1)C2. The summed E-state index contributed by atoms with van der Waals surface area (Å²) in [4.78, 5) is 0. The Balaban J connectivity index is 1.84. The molecule has 0 heterocycles. The van der Waals surface area contributed by atoms with E-state index in [-0.39, 0.29) is 0 Å². The third-order valence-corrected chi connectivity index (χ3v) is 5.29. The van der Waals surface area contributed by atoms with E-state index in [0.29, 0.717) is 11.5 Å². The summed E-state index contributed by atoms with van der Waals surface area (Å²) in [6.07, 6.45) is 10.7. The molecule has 4 fully saturated rings. The van der Waals surface area contributed by atoms with Crippen LogP contribution in [0.4, 0.5) is 0 Å². The Morgan fingerprint density at radius 3 is 2.00 bits per heavy atom. The van der Waals surface area contributed by atoms with Gasteiger partial charge in [0.15, 0.2) is 6.19 Å². The molecule has 0 spiro atoms. The second kappa shape index (κ2) is 3.14. The highest BCUT2D eigenvalue weighted by Gasteiger charge is 2.53. The summed E-state index contributed by atoms with van der Waals surface area (Å²) in [5, 5.41) is 11.8. The van der Waals surface area contributed by atoms with Crippen LogP contribution in [0.2, 0.25) is 0 Å². The molecule has 4 aliphatic rings. The van der Waals surface area contributed by atoms with E-state index in [9.17, 15) is 0 Å². The molecule has 4 saturated carbocycles. The van der Waals surface area contributed by atoms with Crippen LogP contribution in [0.25, 0.3) is 0 Å². The van der Waals surface area contributed by atoms with E-state index in [4.69, 9.17) is 5.26 Å². The van der Waals surface area contributed by atoms with Gasteiger partial charge < -0.3 is 5.32 Å². The first kappa shape index (κ1) is 9.51. The largest absolute Gasteiger partial charge is 0.320 e. The van der Waals surface area contributed by atoms with Crippen LogP contribution in [0, 0.1) is 34.6 Å². The Kier molecular flexibility index (Phi) is 1.99. The minimum absolute atomic E-state index is 0.399. The molecule has 4 aliphatic carbocycles. The number of nitrogens with zero attached hydrogens (tertiary/aromatic N) is 1. The van der Waals surface area contributed by atoms with Crippen LogP contribution in [0.5, 0.6) is 0 Å². The lowest BCUT2D eigenvalue weighted by atomic mass is 9.48. The van der Waals surface area contributed by atoms with Crippen molar-refractivity contribution in [1.82, 2.24) is 5.32 Å². The molecule has 0 amide bonds. The molecule has 0 aromatic rings. The zero-order valence-corrected chi connectivity index (χ0v) is 9.50. The zero-order chi connectivity index (χ0) is 10.5. The Morgan fingerprint density at radius 2 is 1.60 bits per heavy atom. The molecule has 1 N–H and O–H groups in total. The summed E-state index contributed by atoms with van der Waals surface area (Å²) < 4.78 is 0. The number of nitriles is 1. The lowest BCUT2D eigenvalue weighted by molar-refractivity contribution is -0.0678. The Bertz CT molecular complexity index is 267. The maximum atomic E-state index is 8.78. The highest BCUT2D eigenvalue weighted by molar-refractivity contribution is 5.05. The molecule has 0 radical (unpaired) electrons. The van der Waals surface area contributed by atoms with Gasteiger partial charge >= 0.3 is 0 Å². The topological polar surface area (TPSA) is 35.8 Å². The molecular formula is C13H20N2. The van der Waals surface area contributed by atoms with Gasteiger partial charge in [0.25, 0.3) is 0 Å². The lowest BCUT2D eigenvalue weighted by Crippen LogP contribution is -2.54. The average Bonchev–Trinajstić information content (AvgIpc) is 2.15. The van der Waals surface area contributed by atoms with Crippen molar-refractivity contribution in [3.63, 3.8) is 0 Å². The molecule has 0 saturated heterocycles. The zero-order valence-electron chi connectivity index (χ0n) is 9.50. The van der Waals surface area contributed by atoms with E-state index in [0.717, 1.165) is 17.8 Å². The second-order valence-electron chi connectivity index (χ2n) is 6.26. The number of hydrogen-bond donors (Lipinski definition) is 1. The van der Waals surface area contributed by atoms with E-state index in [2.05, 4.69) is 18.4 Å². The summed E-state index contributed by atoms with van der Waals surface area (Å²) in [6.45, 7) is 2.22. The van der Waals surface area contributed by atoms with Crippen LogP contribution in [-0.2, 0) is 0 Å². The van der Waals surface area contributed by atoms with Gasteiger partial charge in [0.1, 0.15) is 0 Å². The normalized spacial score (nSPS) is 48.7. The predicted molar refractivity (Wildman–Crippen MR) is 58.8 cm³/mol. The smallest absolute Gasteiger partial charge is 0.176 e. The molecule has 4 rings (SSSR count). The summed E-state index contributed by atoms with van der Waals surface area (Å²) in [5.41, 5.74) is 0.477. The van der Waals surface area contributed by atoms with E-state index >= 15 is 0 Å². The first-order valence-corrected chi connectivity index (χ1v) is 6.36. The molecule has 0 aromatic heterocycles. The fourth-order valence-corrected chi connectivity index (χ4v) is 4.96. The van der Waals surface area contributed by atoms with Gasteiger partial charge in [-0.2, -0.15) is 5.26 Å². The fraction of sp³-hybridized carbons (Fsp3) is 0.923. The van der Waals surface area contributed by atoms with E-state index in [1.54, 1.807) is 0 Å². The third-order valence-electron chi connectivity index (χ3n) is 5.29. The first-order chi connectivity index (χ1) is 7.22. The number of hydrogen-bond acceptors (Lipinski definition) is 2. The van der Waals surface area contributed by atoms with Gasteiger partial charge in [-0.3, -0.25) is 0 Å². The number of rotatable bonds is 2. The maximum absolute atomic E-state index is 8.78. The van der Waals surface area contributed by atoms with Gasteiger partial charge in [-0.1, -0.05) is 0 Å². The molecule has 2 heteroatoms. The molecule has 15 heavy (non-hydrogen) atoms. The molecular weight excluding hydrogens is 184 g/mol. The summed E-state index contributed by atoms with van der Waals surface area (Å²) in [5.74, 6) is 2.96. The van der Waals surface area contributed by atoms with Crippen molar-refractivity contribution < 1.29 is 0 Å². The Hall–Kier alpha value is -0.710. The quantitative estimate of drug-likeness (QED) is 0.554. The average molecular weight is 204 g/mol. The van der Waals surface area contributed by atoms with E-state index in [1.165, 1.54) is 38.5 Å². The number of nitrogens with one attached hydrogen (secondary N) is 1. The summed E-state index contributed by atoms with van der Waals surface area (Å²) in [7, 11) is 0. The summed E-state index contributed by atoms with van der Waals surface area (Å²) in [6, 6.07) is 0.399. The van der Waals surface area contributed by atoms with Crippen molar-refractivity contribution in [1.29, 1.82) is 5.26 Å². The van der Waals surface area contributed by atoms with Crippen LogP contribution in [0.1, 0.15) is 45.4 Å². The van der Waals surface area contributed by atoms with E-state index < -0.39 is 0 Å².